The van der Waals surface area contributed by atoms with Crippen LogP contribution in [0.15, 0.2) is 54.2 Å². The number of nitrogens with zero attached hydrogens (tertiary/aromatic N) is 2. The molecule has 0 spiro atoms. The van der Waals surface area contributed by atoms with Crippen LogP contribution in [0, 0.1) is 0 Å². The van der Waals surface area contributed by atoms with Gasteiger partial charge in [0.2, 0.25) is 0 Å². The number of unbranched alkanes of at least 4 members (excludes halogenated alkanes) is 2. The van der Waals surface area contributed by atoms with Gasteiger partial charge in [-0.2, -0.15) is 0 Å². The number of fused-ring (bicyclic) bond motifs is 1. The number of anilines is 1. The van der Waals surface area contributed by atoms with Crippen molar-refractivity contribution in [2.75, 3.05) is 18.0 Å². The summed E-state index contributed by atoms with van der Waals surface area (Å²) in [5.74, 6) is 0.373. The first-order valence-corrected chi connectivity index (χ1v) is 11.2. The van der Waals surface area contributed by atoms with Crippen molar-refractivity contribution in [2.24, 2.45) is 0 Å². The van der Waals surface area contributed by atoms with Crippen molar-refractivity contribution < 1.29 is 14.3 Å². The van der Waals surface area contributed by atoms with Crippen LogP contribution < -0.4 is 9.64 Å². The first-order chi connectivity index (χ1) is 15.0. The molecule has 5 heteroatoms. The number of amides is 2. The molecule has 0 radical (unpaired) electrons. The minimum absolute atomic E-state index is 0.0745. The Bertz CT molecular complexity index is 1010. The maximum atomic E-state index is 13.5. The largest absolute Gasteiger partial charge is 0.491 e. The van der Waals surface area contributed by atoms with E-state index in [1.807, 2.05) is 61.2 Å². The quantitative estimate of drug-likeness (QED) is 0.456. The minimum Gasteiger partial charge on any atom is -0.491 e. The molecular formula is C26H30N2O3. The molecule has 162 valence electrons. The zero-order chi connectivity index (χ0) is 22.0. The molecule has 2 heterocycles. The molecule has 0 saturated carbocycles. The fourth-order valence-corrected chi connectivity index (χ4v) is 4.34. The topological polar surface area (TPSA) is 49.9 Å². The predicted octanol–water partition coefficient (Wildman–Crippen LogP) is 4.81. The number of benzene rings is 2. The summed E-state index contributed by atoms with van der Waals surface area (Å²) in [6.45, 7) is 7.24. The number of para-hydroxylation sites is 1. The number of ether oxygens (including phenoxy) is 1. The van der Waals surface area contributed by atoms with E-state index < -0.39 is 0 Å². The minimum atomic E-state index is -0.196. The summed E-state index contributed by atoms with van der Waals surface area (Å²) in [6, 6.07) is 15.6. The maximum Gasteiger partial charge on any atom is 0.278 e. The lowest BCUT2D eigenvalue weighted by molar-refractivity contribution is -0.136. The van der Waals surface area contributed by atoms with E-state index in [1.165, 1.54) is 10.5 Å². The molecule has 0 aromatic heterocycles. The smallest absolute Gasteiger partial charge is 0.278 e. The van der Waals surface area contributed by atoms with Crippen LogP contribution >= 0.6 is 0 Å². The summed E-state index contributed by atoms with van der Waals surface area (Å²) in [4.78, 5) is 30.4. The van der Waals surface area contributed by atoms with Gasteiger partial charge in [0.15, 0.2) is 0 Å². The van der Waals surface area contributed by atoms with E-state index in [0.717, 1.165) is 42.7 Å². The Morgan fingerprint density at radius 2 is 1.71 bits per heavy atom. The zero-order valence-corrected chi connectivity index (χ0v) is 18.6. The third-order valence-electron chi connectivity index (χ3n) is 5.80. The van der Waals surface area contributed by atoms with Crippen molar-refractivity contribution >= 4 is 23.1 Å². The number of hydrogen-bond acceptors (Lipinski definition) is 4. The standard InChI is InChI=1S/C26H30N2O3/c1-4-5-8-16-28-25(29)23(20-11-13-21(14-12-20)31-18(2)3)24(26(28)30)27-17-15-19-9-6-7-10-22(19)27/h6-7,9-14,18H,4-5,8,15-17H2,1-3H3. The van der Waals surface area contributed by atoms with Crippen molar-refractivity contribution in [3.05, 3.63) is 65.4 Å². The second kappa shape index (κ2) is 8.96. The molecule has 2 aromatic carbocycles. The Labute approximate surface area is 184 Å². The molecule has 2 aliphatic rings. The normalized spacial score (nSPS) is 16.0. The van der Waals surface area contributed by atoms with Crippen LogP contribution in [0.1, 0.15) is 51.2 Å². The van der Waals surface area contributed by atoms with Crippen LogP contribution in [0.3, 0.4) is 0 Å². The van der Waals surface area contributed by atoms with Crippen molar-refractivity contribution in [3.63, 3.8) is 0 Å². The van der Waals surface area contributed by atoms with Gasteiger partial charge in [0, 0.05) is 18.8 Å². The van der Waals surface area contributed by atoms with E-state index in [1.54, 1.807) is 0 Å². The van der Waals surface area contributed by atoms with Crippen LogP contribution in [-0.4, -0.2) is 35.9 Å². The molecule has 5 nitrogen and oxygen atoms in total. The summed E-state index contributed by atoms with van der Waals surface area (Å²) in [5.41, 5.74) is 3.98. The molecule has 0 aliphatic carbocycles. The summed E-state index contributed by atoms with van der Waals surface area (Å²) < 4.78 is 5.75. The van der Waals surface area contributed by atoms with Crippen LogP contribution in [0.2, 0.25) is 0 Å². The van der Waals surface area contributed by atoms with Gasteiger partial charge < -0.3 is 9.64 Å². The first kappa shape index (κ1) is 21.2. The zero-order valence-electron chi connectivity index (χ0n) is 18.6. The lowest BCUT2D eigenvalue weighted by atomic mass is 10.0. The fourth-order valence-electron chi connectivity index (χ4n) is 4.34. The van der Waals surface area contributed by atoms with Crippen molar-refractivity contribution in [1.29, 1.82) is 0 Å². The molecule has 4 rings (SSSR count). The highest BCUT2D eigenvalue weighted by atomic mass is 16.5. The number of rotatable bonds is 8. The number of carbonyl (C=O) groups excluding carboxylic acids is 2. The lowest BCUT2D eigenvalue weighted by Gasteiger charge is -2.21. The molecule has 2 amide bonds. The summed E-state index contributed by atoms with van der Waals surface area (Å²) in [6.07, 6.45) is 3.80. The Hall–Kier alpha value is -3.08. The average molecular weight is 419 g/mol. The number of imide groups is 1. The molecule has 0 bridgehead atoms. The van der Waals surface area contributed by atoms with Crippen LogP contribution in [-0.2, 0) is 16.0 Å². The predicted molar refractivity (Wildman–Crippen MR) is 123 cm³/mol. The maximum absolute atomic E-state index is 13.5. The van der Waals surface area contributed by atoms with Crippen LogP contribution in [0.25, 0.3) is 5.57 Å². The van der Waals surface area contributed by atoms with Gasteiger partial charge in [-0.05, 0) is 56.0 Å². The molecule has 0 atom stereocenters. The van der Waals surface area contributed by atoms with Gasteiger partial charge in [0.05, 0.1) is 11.7 Å². The van der Waals surface area contributed by atoms with Crippen molar-refractivity contribution in [2.45, 2.75) is 52.6 Å². The second-order valence-corrected chi connectivity index (χ2v) is 8.41. The molecule has 2 aliphatic heterocycles. The SMILES string of the molecule is CCCCCN1C(=O)C(c2ccc(OC(C)C)cc2)=C(N2CCc3ccccc32)C1=O. The van der Waals surface area contributed by atoms with Gasteiger partial charge in [-0.25, -0.2) is 0 Å². The van der Waals surface area contributed by atoms with E-state index in [0.29, 0.717) is 24.4 Å². The molecule has 0 fully saturated rings. The van der Waals surface area contributed by atoms with E-state index in [9.17, 15) is 9.59 Å². The van der Waals surface area contributed by atoms with Gasteiger partial charge >= 0.3 is 0 Å². The monoisotopic (exact) mass is 418 g/mol. The van der Waals surface area contributed by atoms with Crippen molar-refractivity contribution in [1.82, 2.24) is 4.90 Å². The van der Waals surface area contributed by atoms with Gasteiger partial charge in [-0.1, -0.05) is 50.1 Å². The Kier molecular flexibility index (Phi) is 6.12. The Balaban J connectivity index is 1.74. The highest BCUT2D eigenvalue weighted by molar-refractivity contribution is 6.36. The Morgan fingerprint density at radius 3 is 2.42 bits per heavy atom. The molecule has 31 heavy (non-hydrogen) atoms. The van der Waals surface area contributed by atoms with Gasteiger partial charge in [-0.3, -0.25) is 14.5 Å². The second-order valence-electron chi connectivity index (χ2n) is 8.41. The fraction of sp³-hybridized carbons (Fsp3) is 0.385. The third-order valence-corrected chi connectivity index (χ3v) is 5.80. The summed E-state index contributed by atoms with van der Waals surface area (Å²) in [7, 11) is 0. The van der Waals surface area contributed by atoms with Crippen LogP contribution in [0.4, 0.5) is 5.69 Å². The summed E-state index contributed by atoms with van der Waals surface area (Å²) >= 11 is 0. The first-order valence-electron chi connectivity index (χ1n) is 11.2. The lowest BCUT2D eigenvalue weighted by Crippen LogP contribution is -2.35. The van der Waals surface area contributed by atoms with E-state index in [-0.39, 0.29) is 17.9 Å². The van der Waals surface area contributed by atoms with Gasteiger partial charge in [-0.15, -0.1) is 0 Å². The average Bonchev–Trinajstić information content (AvgIpc) is 3.28. The molecular weight excluding hydrogens is 388 g/mol. The molecule has 0 N–H and O–H groups in total. The Morgan fingerprint density at radius 1 is 0.968 bits per heavy atom. The van der Waals surface area contributed by atoms with E-state index in [2.05, 4.69) is 13.0 Å². The molecule has 2 aromatic rings. The molecule has 0 saturated heterocycles. The summed E-state index contributed by atoms with van der Waals surface area (Å²) in [5, 5.41) is 0. The van der Waals surface area contributed by atoms with Crippen molar-refractivity contribution in [3.8, 4) is 5.75 Å². The van der Waals surface area contributed by atoms with E-state index >= 15 is 0 Å². The van der Waals surface area contributed by atoms with Gasteiger partial charge in [0.1, 0.15) is 11.4 Å². The third kappa shape index (κ3) is 4.09. The van der Waals surface area contributed by atoms with Crippen LogP contribution in [0.5, 0.6) is 5.75 Å². The number of carbonyl (C=O) groups is 2. The number of hydrogen-bond donors (Lipinski definition) is 0. The van der Waals surface area contributed by atoms with E-state index in [4.69, 9.17) is 4.74 Å². The highest BCUT2D eigenvalue weighted by Crippen LogP contribution is 2.38. The highest BCUT2D eigenvalue weighted by Gasteiger charge is 2.42. The van der Waals surface area contributed by atoms with Gasteiger partial charge in [0.25, 0.3) is 11.8 Å². The molecule has 0 unspecified atom stereocenters.